The highest BCUT2D eigenvalue weighted by Gasteiger charge is 2.09. The van der Waals surface area contributed by atoms with Gasteiger partial charge in [0.2, 0.25) is 0 Å². The summed E-state index contributed by atoms with van der Waals surface area (Å²) in [4.78, 5) is 11.6. The van der Waals surface area contributed by atoms with E-state index in [1.807, 2.05) is 18.2 Å². The van der Waals surface area contributed by atoms with E-state index in [-0.39, 0.29) is 0 Å². The Labute approximate surface area is 111 Å². The van der Waals surface area contributed by atoms with Crippen LogP contribution >= 0.6 is 0 Å². The predicted molar refractivity (Wildman–Crippen MR) is 72.6 cm³/mol. The van der Waals surface area contributed by atoms with Gasteiger partial charge in [0.1, 0.15) is 0 Å². The molecule has 0 atom stereocenters. The van der Waals surface area contributed by atoms with Gasteiger partial charge < -0.3 is 5.73 Å². The minimum absolute atomic E-state index is 0.391. The van der Waals surface area contributed by atoms with Crippen LogP contribution in [-0.4, -0.2) is 29.6 Å². The average molecular weight is 267 g/mol. The van der Waals surface area contributed by atoms with Gasteiger partial charge in [-0.25, -0.2) is 14.6 Å². The zero-order chi connectivity index (χ0) is 13.7. The smallest absolute Gasteiger partial charge is 0.364 e. The van der Waals surface area contributed by atoms with E-state index in [1.54, 1.807) is 23.0 Å². The molecule has 0 fully saturated rings. The average Bonchev–Trinajstić information content (AvgIpc) is 3.02. The molecule has 0 saturated carbocycles. The highest BCUT2D eigenvalue weighted by Crippen LogP contribution is 2.19. The number of aromatic nitrogens is 6. The number of benzene rings is 1. The molecule has 1 aromatic carbocycles. The lowest BCUT2D eigenvalue weighted by Gasteiger charge is -2.02. The van der Waals surface area contributed by atoms with Crippen LogP contribution in [0, 0.1) is 0 Å². The third kappa shape index (κ3) is 1.41. The number of hydrogen-bond donors (Lipinski definition) is 2. The van der Waals surface area contributed by atoms with Crippen LogP contribution in [0.2, 0.25) is 0 Å². The number of nitrogen functional groups attached to an aromatic ring is 1. The minimum atomic E-state index is -0.391. The second kappa shape index (κ2) is 3.67. The van der Waals surface area contributed by atoms with Crippen LogP contribution in [0.5, 0.6) is 0 Å². The maximum Gasteiger partial charge on any atom is 0.364 e. The van der Waals surface area contributed by atoms with Crippen molar-refractivity contribution >= 4 is 22.2 Å². The maximum absolute atomic E-state index is 11.6. The van der Waals surface area contributed by atoms with E-state index < -0.39 is 5.69 Å². The van der Waals surface area contributed by atoms with Crippen molar-refractivity contribution in [2.24, 2.45) is 0 Å². The van der Waals surface area contributed by atoms with Crippen molar-refractivity contribution in [3.05, 3.63) is 47.0 Å². The highest BCUT2D eigenvalue weighted by atomic mass is 16.2. The highest BCUT2D eigenvalue weighted by molar-refractivity contribution is 5.83. The molecule has 0 aliphatic rings. The number of anilines is 1. The van der Waals surface area contributed by atoms with Gasteiger partial charge in [-0.1, -0.05) is 0 Å². The van der Waals surface area contributed by atoms with Crippen LogP contribution in [-0.2, 0) is 0 Å². The van der Waals surface area contributed by atoms with Crippen molar-refractivity contribution < 1.29 is 0 Å². The molecule has 98 valence electrons. The molecule has 3 aromatic heterocycles. The second-order valence-corrected chi connectivity index (χ2v) is 4.36. The van der Waals surface area contributed by atoms with Gasteiger partial charge >= 0.3 is 5.69 Å². The van der Waals surface area contributed by atoms with Crippen LogP contribution in [0.3, 0.4) is 0 Å². The van der Waals surface area contributed by atoms with E-state index in [0.717, 1.165) is 10.9 Å². The molecule has 8 nitrogen and oxygen atoms in total. The van der Waals surface area contributed by atoms with Gasteiger partial charge in [0.05, 0.1) is 11.7 Å². The van der Waals surface area contributed by atoms with Crippen LogP contribution in [0.15, 0.2) is 41.3 Å². The fraction of sp³-hybridized carbons (Fsp3) is 0. The summed E-state index contributed by atoms with van der Waals surface area (Å²) in [5.41, 5.74) is 7.33. The van der Waals surface area contributed by atoms with E-state index in [0.29, 0.717) is 17.2 Å². The van der Waals surface area contributed by atoms with E-state index in [1.165, 1.54) is 4.52 Å². The maximum atomic E-state index is 11.6. The molecular formula is C12H9N7O. The Morgan fingerprint density at radius 2 is 2.10 bits per heavy atom. The molecule has 20 heavy (non-hydrogen) atoms. The van der Waals surface area contributed by atoms with E-state index >= 15 is 0 Å². The number of hydrogen-bond acceptors (Lipinski definition) is 5. The summed E-state index contributed by atoms with van der Waals surface area (Å²) >= 11 is 0. The molecule has 3 N–H and O–H groups in total. The molecule has 0 amide bonds. The van der Waals surface area contributed by atoms with Gasteiger partial charge in [-0.05, 0) is 30.3 Å². The molecule has 4 rings (SSSR count). The first-order valence-electron chi connectivity index (χ1n) is 5.90. The lowest BCUT2D eigenvalue weighted by atomic mass is 10.2. The van der Waals surface area contributed by atoms with Crippen molar-refractivity contribution in [3.63, 3.8) is 0 Å². The molecule has 0 radical (unpaired) electrons. The Kier molecular flexibility index (Phi) is 1.97. The Morgan fingerprint density at radius 1 is 1.20 bits per heavy atom. The van der Waals surface area contributed by atoms with Gasteiger partial charge in [-0.2, -0.15) is 14.7 Å². The zero-order valence-electron chi connectivity index (χ0n) is 10.2. The first-order chi connectivity index (χ1) is 9.72. The number of fused-ring (bicyclic) bond motifs is 2. The molecule has 4 aromatic rings. The molecule has 3 heterocycles. The van der Waals surface area contributed by atoms with Gasteiger partial charge in [0.15, 0.2) is 11.5 Å². The van der Waals surface area contributed by atoms with Crippen molar-refractivity contribution in [1.29, 1.82) is 0 Å². The second-order valence-electron chi connectivity index (χ2n) is 4.36. The largest absolute Gasteiger partial charge is 0.399 e. The van der Waals surface area contributed by atoms with Crippen LogP contribution in [0.4, 0.5) is 5.69 Å². The van der Waals surface area contributed by atoms with E-state index in [9.17, 15) is 4.79 Å². The van der Waals surface area contributed by atoms with Crippen molar-refractivity contribution in [2.75, 3.05) is 5.73 Å². The lowest BCUT2D eigenvalue weighted by molar-refractivity contribution is 0.793. The summed E-state index contributed by atoms with van der Waals surface area (Å²) in [6.07, 6.45) is 1.72. The molecule has 0 spiro atoms. The predicted octanol–water partition coefficient (Wildman–Crippen LogP) is 0.339. The fourth-order valence-electron chi connectivity index (χ4n) is 2.12. The zero-order valence-corrected chi connectivity index (χ0v) is 10.2. The lowest BCUT2D eigenvalue weighted by Crippen LogP contribution is -2.14. The Hall–Kier alpha value is -3.16. The molecule has 0 unspecified atom stereocenters. The Morgan fingerprint density at radius 3 is 3.00 bits per heavy atom. The Balaban J connectivity index is 2.02. The summed E-state index contributed by atoms with van der Waals surface area (Å²) < 4.78 is 2.82. The standard InChI is InChI=1S/C12H9N7O/c13-8-2-1-7-6-14-18(9(7)5-8)11-4-3-10-15-16-12(20)19(10)17-11/h1-6H,13H2,(H,16,20). The SMILES string of the molecule is Nc1ccc2cnn(-c3ccc4n[nH]c(=O)n4n3)c2c1. The third-order valence-electron chi connectivity index (χ3n) is 3.07. The summed E-state index contributed by atoms with van der Waals surface area (Å²) in [5, 5.41) is 15.6. The van der Waals surface area contributed by atoms with Crippen molar-refractivity contribution in [3.8, 4) is 5.82 Å². The van der Waals surface area contributed by atoms with E-state index in [4.69, 9.17) is 5.73 Å². The quantitative estimate of drug-likeness (QED) is 0.483. The minimum Gasteiger partial charge on any atom is -0.399 e. The molecular weight excluding hydrogens is 258 g/mol. The number of aromatic amines is 1. The van der Waals surface area contributed by atoms with Gasteiger partial charge in [0, 0.05) is 11.1 Å². The monoisotopic (exact) mass is 267 g/mol. The van der Waals surface area contributed by atoms with Crippen LogP contribution < -0.4 is 11.4 Å². The first-order valence-corrected chi connectivity index (χ1v) is 5.90. The molecule has 8 heteroatoms. The summed E-state index contributed by atoms with van der Waals surface area (Å²) in [6.45, 7) is 0. The normalized spacial score (nSPS) is 11.4. The molecule has 0 aliphatic heterocycles. The van der Waals surface area contributed by atoms with Crippen molar-refractivity contribution in [1.82, 2.24) is 29.6 Å². The fourth-order valence-corrected chi connectivity index (χ4v) is 2.12. The van der Waals surface area contributed by atoms with Crippen LogP contribution in [0.1, 0.15) is 0 Å². The first kappa shape index (κ1) is 10.7. The number of nitrogens with one attached hydrogen (secondary N) is 1. The van der Waals surface area contributed by atoms with Gasteiger partial charge in [-0.3, -0.25) is 0 Å². The summed E-state index contributed by atoms with van der Waals surface area (Å²) in [7, 11) is 0. The summed E-state index contributed by atoms with van der Waals surface area (Å²) in [6, 6.07) is 8.94. The number of nitrogens with two attached hydrogens (primary N) is 1. The number of H-pyrrole nitrogens is 1. The van der Waals surface area contributed by atoms with Crippen LogP contribution in [0.25, 0.3) is 22.4 Å². The Bertz CT molecular complexity index is 994. The molecule has 0 saturated heterocycles. The third-order valence-corrected chi connectivity index (χ3v) is 3.07. The number of nitrogens with zero attached hydrogens (tertiary/aromatic N) is 5. The van der Waals surface area contributed by atoms with Gasteiger partial charge in [-0.15, -0.1) is 5.10 Å². The van der Waals surface area contributed by atoms with Gasteiger partial charge in [0.25, 0.3) is 0 Å². The summed E-state index contributed by atoms with van der Waals surface area (Å²) in [5.74, 6) is 0.515. The van der Waals surface area contributed by atoms with Crippen molar-refractivity contribution in [2.45, 2.75) is 0 Å². The topological polar surface area (TPSA) is 107 Å². The van der Waals surface area contributed by atoms with E-state index in [2.05, 4.69) is 20.4 Å². The molecule has 0 aliphatic carbocycles. The molecule has 0 bridgehead atoms. The number of rotatable bonds is 1.